The summed E-state index contributed by atoms with van der Waals surface area (Å²) in [4.78, 5) is 12.1. The third-order valence-corrected chi connectivity index (χ3v) is 3.84. The molecule has 0 aliphatic rings. The molecule has 112 valence electrons. The van der Waals surface area contributed by atoms with Gasteiger partial charge in [0.2, 0.25) is 0 Å². The number of carbonyl (C=O) groups excluding carboxylic acids is 1. The summed E-state index contributed by atoms with van der Waals surface area (Å²) in [5, 5.41) is 2.54. The molecule has 7 heteroatoms. The van der Waals surface area contributed by atoms with Gasteiger partial charge in [0.1, 0.15) is 11.5 Å². The van der Waals surface area contributed by atoms with Crippen molar-refractivity contribution in [3.63, 3.8) is 0 Å². The normalized spacial score (nSPS) is 11.5. The van der Waals surface area contributed by atoms with Gasteiger partial charge >= 0.3 is 6.18 Å². The van der Waals surface area contributed by atoms with Crippen LogP contribution in [0.1, 0.15) is 27.4 Å². The van der Waals surface area contributed by atoms with Gasteiger partial charge in [-0.3, -0.25) is 4.79 Å². The van der Waals surface area contributed by atoms with E-state index in [-0.39, 0.29) is 5.69 Å². The second kappa shape index (κ2) is 5.55. The number of hydrogen-bond acceptors (Lipinski definition) is 2. The van der Waals surface area contributed by atoms with Crippen LogP contribution in [0, 0.1) is 13.8 Å². The lowest BCUT2D eigenvalue weighted by Crippen LogP contribution is -2.13. The second-order valence-corrected chi connectivity index (χ2v) is 5.23. The number of furan rings is 1. The van der Waals surface area contributed by atoms with Gasteiger partial charge in [0.25, 0.3) is 5.91 Å². The molecule has 0 aliphatic heterocycles. The maximum absolute atomic E-state index is 12.4. The predicted molar refractivity (Wildman–Crippen MR) is 75.3 cm³/mol. The number of halogens is 4. The van der Waals surface area contributed by atoms with Crippen molar-refractivity contribution in [2.45, 2.75) is 20.0 Å². The van der Waals surface area contributed by atoms with E-state index in [1.807, 2.05) is 0 Å². The summed E-state index contributed by atoms with van der Waals surface area (Å²) in [6.45, 7) is 3.34. The van der Waals surface area contributed by atoms with Crippen LogP contribution in [-0.4, -0.2) is 5.91 Å². The van der Waals surface area contributed by atoms with Crippen molar-refractivity contribution in [1.29, 1.82) is 0 Å². The zero-order chi connectivity index (χ0) is 15.8. The zero-order valence-corrected chi connectivity index (χ0v) is 12.7. The van der Waals surface area contributed by atoms with Crippen molar-refractivity contribution in [2.75, 3.05) is 5.32 Å². The molecule has 0 unspecified atom stereocenters. The minimum atomic E-state index is -4.40. The summed E-state index contributed by atoms with van der Waals surface area (Å²) in [6, 6.07) is 4.24. The quantitative estimate of drug-likeness (QED) is 0.823. The molecule has 0 bridgehead atoms. The lowest BCUT2D eigenvalue weighted by atomic mass is 10.2. The number of alkyl halides is 3. The molecule has 1 amide bonds. The Bertz CT molecular complexity index is 675. The summed E-state index contributed by atoms with van der Waals surface area (Å²) in [5.74, 6) is 0.546. The Morgan fingerprint density at radius 3 is 2.14 bits per heavy atom. The van der Waals surface area contributed by atoms with Gasteiger partial charge in [0.05, 0.1) is 15.6 Å². The van der Waals surface area contributed by atoms with Crippen LogP contribution >= 0.6 is 15.9 Å². The van der Waals surface area contributed by atoms with Crippen molar-refractivity contribution >= 4 is 27.5 Å². The van der Waals surface area contributed by atoms with Gasteiger partial charge in [-0.2, -0.15) is 13.2 Å². The highest BCUT2D eigenvalue weighted by Gasteiger charge is 2.30. The number of nitrogens with one attached hydrogen (secondary N) is 1. The van der Waals surface area contributed by atoms with Crippen LogP contribution in [0.15, 0.2) is 33.2 Å². The van der Waals surface area contributed by atoms with E-state index in [1.54, 1.807) is 13.8 Å². The Morgan fingerprint density at radius 2 is 1.71 bits per heavy atom. The SMILES string of the molecule is Cc1oc(C)c(C(=O)Nc2ccc(C(F)(F)F)cc2)c1Br. The fraction of sp³-hybridized carbons (Fsp3) is 0.214. The van der Waals surface area contributed by atoms with E-state index in [9.17, 15) is 18.0 Å². The average Bonchev–Trinajstić information content (AvgIpc) is 2.62. The summed E-state index contributed by atoms with van der Waals surface area (Å²) >= 11 is 3.25. The minimum absolute atomic E-state index is 0.276. The Hall–Kier alpha value is -1.76. The molecule has 3 nitrogen and oxygen atoms in total. The monoisotopic (exact) mass is 361 g/mol. The summed E-state index contributed by atoms with van der Waals surface area (Å²) < 4.78 is 43.2. The number of carbonyl (C=O) groups is 1. The maximum Gasteiger partial charge on any atom is 0.416 e. The van der Waals surface area contributed by atoms with Gasteiger partial charge in [0.15, 0.2) is 0 Å². The van der Waals surface area contributed by atoms with Crippen LogP contribution in [0.4, 0.5) is 18.9 Å². The van der Waals surface area contributed by atoms with E-state index in [0.29, 0.717) is 21.6 Å². The van der Waals surface area contributed by atoms with Gasteiger partial charge < -0.3 is 9.73 Å². The minimum Gasteiger partial charge on any atom is -0.465 e. The molecule has 0 aliphatic carbocycles. The lowest BCUT2D eigenvalue weighted by Gasteiger charge is -2.08. The highest BCUT2D eigenvalue weighted by atomic mass is 79.9. The molecule has 2 aromatic rings. The fourth-order valence-electron chi connectivity index (χ4n) is 1.85. The summed E-state index contributed by atoms with van der Waals surface area (Å²) in [5.41, 5.74) is -0.164. The first kappa shape index (κ1) is 15.6. The highest BCUT2D eigenvalue weighted by molar-refractivity contribution is 9.10. The molecule has 1 aromatic carbocycles. The van der Waals surface area contributed by atoms with E-state index < -0.39 is 17.6 Å². The molecule has 0 fully saturated rings. The van der Waals surface area contributed by atoms with Crippen LogP contribution in [-0.2, 0) is 6.18 Å². The van der Waals surface area contributed by atoms with Gasteiger partial charge in [-0.1, -0.05) is 0 Å². The van der Waals surface area contributed by atoms with Crippen LogP contribution in [0.3, 0.4) is 0 Å². The van der Waals surface area contributed by atoms with Gasteiger partial charge in [-0.25, -0.2) is 0 Å². The van der Waals surface area contributed by atoms with Crippen LogP contribution in [0.5, 0.6) is 0 Å². The summed E-state index contributed by atoms with van der Waals surface area (Å²) in [6.07, 6.45) is -4.40. The lowest BCUT2D eigenvalue weighted by molar-refractivity contribution is -0.137. The van der Waals surface area contributed by atoms with Gasteiger partial charge in [-0.15, -0.1) is 0 Å². The standard InChI is InChI=1S/C14H11BrF3NO2/c1-7-11(12(15)8(2)21-7)13(20)19-10-5-3-9(4-6-10)14(16,17)18/h3-6H,1-2H3,(H,19,20). The predicted octanol–water partition coefficient (Wildman–Crippen LogP) is 4.93. The van der Waals surface area contributed by atoms with Crippen molar-refractivity contribution in [3.05, 3.63) is 51.4 Å². The highest BCUT2D eigenvalue weighted by Crippen LogP contribution is 2.31. The molecule has 1 heterocycles. The van der Waals surface area contributed by atoms with Gasteiger partial charge in [-0.05, 0) is 54.0 Å². The van der Waals surface area contributed by atoms with Crippen LogP contribution in [0.25, 0.3) is 0 Å². The van der Waals surface area contributed by atoms with Crippen molar-refractivity contribution < 1.29 is 22.4 Å². The van der Waals surface area contributed by atoms with Crippen LogP contribution in [0.2, 0.25) is 0 Å². The molecular formula is C14H11BrF3NO2. The molecule has 0 radical (unpaired) electrons. The number of aryl methyl sites for hydroxylation is 2. The van der Waals surface area contributed by atoms with E-state index in [1.165, 1.54) is 12.1 Å². The van der Waals surface area contributed by atoms with E-state index >= 15 is 0 Å². The first-order valence-corrected chi connectivity index (χ1v) is 6.73. The first-order valence-electron chi connectivity index (χ1n) is 5.94. The maximum atomic E-state index is 12.4. The number of hydrogen-bond donors (Lipinski definition) is 1. The number of anilines is 1. The van der Waals surface area contributed by atoms with E-state index in [0.717, 1.165) is 12.1 Å². The first-order chi connectivity index (χ1) is 9.70. The Labute approximate surface area is 127 Å². The van der Waals surface area contributed by atoms with Crippen molar-refractivity contribution in [3.8, 4) is 0 Å². The van der Waals surface area contributed by atoms with Crippen molar-refractivity contribution in [1.82, 2.24) is 0 Å². The number of amides is 1. The number of benzene rings is 1. The Kier molecular flexibility index (Phi) is 4.13. The third kappa shape index (κ3) is 3.29. The molecule has 1 N–H and O–H groups in total. The molecule has 0 spiro atoms. The molecule has 1 aromatic heterocycles. The number of rotatable bonds is 2. The topological polar surface area (TPSA) is 42.2 Å². The molecule has 0 saturated carbocycles. The van der Waals surface area contributed by atoms with Crippen LogP contribution < -0.4 is 5.32 Å². The molecule has 0 saturated heterocycles. The van der Waals surface area contributed by atoms with Crippen molar-refractivity contribution in [2.24, 2.45) is 0 Å². The average molecular weight is 362 g/mol. The Morgan fingerprint density at radius 1 is 1.14 bits per heavy atom. The smallest absolute Gasteiger partial charge is 0.416 e. The molecule has 2 rings (SSSR count). The van der Waals surface area contributed by atoms with E-state index in [2.05, 4.69) is 21.2 Å². The zero-order valence-electron chi connectivity index (χ0n) is 11.1. The molecule has 21 heavy (non-hydrogen) atoms. The molecular weight excluding hydrogens is 351 g/mol. The largest absolute Gasteiger partial charge is 0.465 e. The Balaban J connectivity index is 2.20. The van der Waals surface area contributed by atoms with E-state index in [4.69, 9.17) is 4.42 Å². The fourth-order valence-corrected chi connectivity index (χ4v) is 2.39. The summed E-state index contributed by atoms with van der Waals surface area (Å²) in [7, 11) is 0. The third-order valence-electron chi connectivity index (χ3n) is 2.88. The second-order valence-electron chi connectivity index (χ2n) is 4.43. The van der Waals surface area contributed by atoms with Gasteiger partial charge in [0, 0.05) is 5.69 Å². The molecule has 0 atom stereocenters.